The number of aromatic nitrogens is 2. The van der Waals surface area contributed by atoms with Crippen LogP contribution in [-0.2, 0) is 17.9 Å². The second-order valence-corrected chi connectivity index (χ2v) is 5.62. The molecule has 0 radical (unpaired) electrons. The smallest absolute Gasteiger partial charge is 0.318 e. The normalized spacial score (nSPS) is 16.5. The highest BCUT2D eigenvalue weighted by Gasteiger charge is 2.20. The Hall–Kier alpha value is -1.99. The summed E-state index contributed by atoms with van der Waals surface area (Å²) < 4.78 is 24.4. The molecule has 0 amide bonds. The van der Waals surface area contributed by atoms with Crippen LogP contribution in [-0.4, -0.2) is 48.4 Å². The largest absolute Gasteiger partial charge is 0.405 e. The Balaban J connectivity index is 1.59. The summed E-state index contributed by atoms with van der Waals surface area (Å²) in [6.07, 6.45) is 0.969. The van der Waals surface area contributed by atoms with E-state index in [0.29, 0.717) is 25.1 Å². The van der Waals surface area contributed by atoms with Gasteiger partial charge in [-0.15, -0.1) is 5.10 Å². The summed E-state index contributed by atoms with van der Waals surface area (Å²) in [6, 6.07) is 7.47. The molecule has 0 unspecified atom stereocenters. The van der Waals surface area contributed by atoms with Gasteiger partial charge in [-0.25, -0.2) is 4.39 Å². The van der Waals surface area contributed by atoms with Gasteiger partial charge in [0.05, 0.1) is 0 Å². The third-order valence-corrected chi connectivity index (χ3v) is 3.93. The minimum Gasteiger partial charge on any atom is -0.405 e. The summed E-state index contributed by atoms with van der Waals surface area (Å²) in [5.74, 6) is 0.338. The zero-order valence-corrected chi connectivity index (χ0v) is 13.2. The molecule has 0 N–H and O–H groups in total. The van der Waals surface area contributed by atoms with E-state index < -0.39 is 0 Å². The fourth-order valence-electron chi connectivity index (χ4n) is 2.74. The van der Waals surface area contributed by atoms with Crippen LogP contribution in [0.3, 0.4) is 0 Å². The number of hydrogen-bond acceptors (Lipinski definition) is 6. The van der Waals surface area contributed by atoms with Gasteiger partial charge in [0.25, 0.3) is 0 Å². The van der Waals surface area contributed by atoms with Crippen LogP contribution in [0.15, 0.2) is 28.7 Å². The molecule has 0 spiro atoms. The zero-order chi connectivity index (χ0) is 16.1. The van der Waals surface area contributed by atoms with Gasteiger partial charge in [-0.1, -0.05) is 23.3 Å². The first-order valence-electron chi connectivity index (χ1n) is 7.78. The van der Waals surface area contributed by atoms with Gasteiger partial charge < -0.3 is 14.1 Å². The molecule has 1 aliphatic heterocycles. The van der Waals surface area contributed by atoms with Gasteiger partial charge in [-0.05, 0) is 12.5 Å². The van der Waals surface area contributed by atoms with E-state index in [2.05, 4.69) is 20.0 Å². The van der Waals surface area contributed by atoms with Crippen LogP contribution in [0.5, 0.6) is 0 Å². The first-order valence-corrected chi connectivity index (χ1v) is 7.78. The predicted octanol–water partition coefficient (Wildman–Crippen LogP) is 2.07. The zero-order valence-electron chi connectivity index (χ0n) is 13.2. The number of benzene rings is 1. The molecule has 1 aliphatic rings. The Labute approximate surface area is 134 Å². The maximum absolute atomic E-state index is 13.8. The van der Waals surface area contributed by atoms with Gasteiger partial charge in [0.15, 0.2) is 0 Å². The summed E-state index contributed by atoms with van der Waals surface area (Å²) in [7, 11) is 1.59. The second-order valence-electron chi connectivity index (χ2n) is 5.62. The average molecular weight is 320 g/mol. The van der Waals surface area contributed by atoms with E-state index >= 15 is 0 Å². The Kier molecular flexibility index (Phi) is 5.19. The fourth-order valence-corrected chi connectivity index (χ4v) is 2.74. The molecular weight excluding hydrogens is 299 g/mol. The van der Waals surface area contributed by atoms with Crippen molar-refractivity contribution in [2.24, 2.45) is 0 Å². The minimum absolute atomic E-state index is 0.144. The highest BCUT2D eigenvalue weighted by molar-refractivity contribution is 5.24. The van der Waals surface area contributed by atoms with Crippen LogP contribution in [0.1, 0.15) is 17.9 Å². The highest BCUT2D eigenvalue weighted by Crippen LogP contribution is 2.17. The molecule has 6 nitrogen and oxygen atoms in total. The summed E-state index contributed by atoms with van der Waals surface area (Å²) in [4.78, 5) is 4.33. The van der Waals surface area contributed by atoms with Crippen molar-refractivity contribution in [3.8, 4) is 0 Å². The molecule has 3 rings (SSSR count). The number of methoxy groups -OCH3 is 1. The topological polar surface area (TPSA) is 54.6 Å². The Bertz CT molecular complexity index is 634. The molecule has 1 fully saturated rings. The van der Waals surface area contributed by atoms with Crippen LogP contribution < -0.4 is 4.90 Å². The van der Waals surface area contributed by atoms with Crippen LogP contribution >= 0.6 is 0 Å². The van der Waals surface area contributed by atoms with Gasteiger partial charge in [0, 0.05) is 45.4 Å². The Morgan fingerprint density at radius 3 is 2.87 bits per heavy atom. The minimum atomic E-state index is -0.144. The third kappa shape index (κ3) is 4.05. The van der Waals surface area contributed by atoms with Gasteiger partial charge in [-0.3, -0.25) is 4.90 Å². The first-order chi connectivity index (χ1) is 11.3. The second kappa shape index (κ2) is 7.52. The van der Waals surface area contributed by atoms with E-state index in [1.807, 2.05) is 12.1 Å². The van der Waals surface area contributed by atoms with E-state index in [0.717, 1.165) is 38.2 Å². The van der Waals surface area contributed by atoms with Crippen molar-refractivity contribution in [1.82, 2.24) is 15.1 Å². The molecule has 1 saturated heterocycles. The molecule has 0 bridgehead atoms. The lowest BCUT2D eigenvalue weighted by molar-refractivity contribution is 0.160. The van der Waals surface area contributed by atoms with Crippen molar-refractivity contribution in [2.45, 2.75) is 19.6 Å². The molecule has 124 valence electrons. The van der Waals surface area contributed by atoms with Gasteiger partial charge in [0.2, 0.25) is 5.89 Å². The van der Waals surface area contributed by atoms with Gasteiger partial charge in [-0.2, -0.15) is 0 Å². The molecule has 2 heterocycles. The standard InChI is InChI=1S/C16H21FN4O2/c1-22-12-15-18-19-16(23-15)21-8-4-7-20(9-10-21)11-13-5-2-3-6-14(13)17/h2-3,5-6H,4,7-12H2,1H3. The number of ether oxygens (including phenoxy) is 1. The van der Waals surface area contributed by atoms with Crippen molar-refractivity contribution in [2.75, 3.05) is 38.2 Å². The number of rotatable bonds is 5. The van der Waals surface area contributed by atoms with Crippen molar-refractivity contribution in [3.05, 3.63) is 41.5 Å². The molecule has 0 aliphatic carbocycles. The maximum atomic E-state index is 13.8. The highest BCUT2D eigenvalue weighted by atomic mass is 19.1. The number of nitrogens with zero attached hydrogens (tertiary/aromatic N) is 4. The SMILES string of the molecule is COCc1nnc(N2CCCN(Cc3ccccc3F)CC2)o1. The molecule has 2 aromatic rings. The number of anilines is 1. The third-order valence-electron chi connectivity index (χ3n) is 3.93. The van der Waals surface area contributed by atoms with E-state index in [1.165, 1.54) is 6.07 Å². The van der Waals surface area contributed by atoms with Crippen molar-refractivity contribution >= 4 is 6.01 Å². The summed E-state index contributed by atoms with van der Waals surface area (Å²) in [5, 5.41) is 8.04. The van der Waals surface area contributed by atoms with Crippen molar-refractivity contribution in [1.29, 1.82) is 0 Å². The van der Waals surface area contributed by atoms with Crippen molar-refractivity contribution in [3.63, 3.8) is 0 Å². The molecule has 7 heteroatoms. The lowest BCUT2D eigenvalue weighted by Crippen LogP contribution is -2.30. The molecule has 23 heavy (non-hydrogen) atoms. The molecule has 1 aromatic heterocycles. The maximum Gasteiger partial charge on any atom is 0.318 e. The monoisotopic (exact) mass is 320 g/mol. The summed E-state index contributed by atoms with van der Waals surface area (Å²) in [5.41, 5.74) is 0.737. The Morgan fingerprint density at radius 1 is 1.17 bits per heavy atom. The fraction of sp³-hybridized carbons (Fsp3) is 0.500. The average Bonchev–Trinajstić information content (AvgIpc) is 2.89. The van der Waals surface area contributed by atoms with Crippen LogP contribution in [0.2, 0.25) is 0 Å². The van der Waals surface area contributed by atoms with Crippen molar-refractivity contribution < 1.29 is 13.5 Å². The summed E-state index contributed by atoms with van der Waals surface area (Å²) in [6.45, 7) is 4.32. The molecule has 1 aromatic carbocycles. The van der Waals surface area contributed by atoms with E-state index in [1.54, 1.807) is 13.2 Å². The molecule has 0 saturated carbocycles. The van der Waals surface area contributed by atoms with E-state index in [4.69, 9.17) is 9.15 Å². The van der Waals surface area contributed by atoms with Crippen LogP contribution in [0.4, 0.5) is 10.4 Å². The van der Waals surface area contributed by atoms with Gasteiger partial charge >= 0.3 is 6.01 Å². The number of hydrogen-bond donors (Lipinski definition) is 0. The summed E-state index contributed by atoms with van der Waals surface area (Å²) >= 11 is 0. The molecule has 0 atom stereocenters. The first kappa shape index (κ1) is 15.9. The van der Waals surface area contributed by atoms with E-state index in [9.17, 15) is 4.39 Å². The predicted molar refractivity (Wildman–Crippen MR) is 83.5 cm³/mol. The van der Waals surface area contributed by atoms with E-state index in [-0.39, 0.29) is 5.82 Å². The lowest BCUT2D eigenvalue weighted by atomic mass is 10.2. The number of halogens is 1. The lowest BCUT2D eigenvalue weighted by Gasteiger charge is -2.20. The van der Waals surface area contributed by atoms with Crippen LogP contribution in [0, 0.1) is 5.82 Å². The Morgan fingerprint density at radius 2 is 2.04 bits per heavy atom. The van der Waals surface area contributed by atoms with Crippen LogP contribution in [0.25, 0.3) is 0 Å². The quantitative estimate of drug-likeness (QED) is 0.841. The molecular formula is C16H21FN4O2. The van der Waals surface area contributed by atoms with Gasteiger partial charge in [0.1, 0.15) is 12.4 Å².